The highest BCUT2D eigenvalue weighted by molar-refractivity contribution is 5.83. The van der Waals surface area contributed by atoms with Crippen LogP contribution in [0.15, 0.2) is 0 Å². The van der Waals surface area contributed by atoms with E-state index in [9.17, 15) is 9.59 Å². The molecule has 2 aliphatic rings. The van der Waals surface area contributed by atoms with E-state index in [2.05, 4.69) is 5.32 Å². The lowest BCUT2D eigenvalue weighted by atomic mass is 9.88. The number of nitrogens with one attached hydrogen (secondary N) is 1. The summed E-state index contributed by atoms with van der Waals surface area (Å²) < 4.78 is 0. The van der Waals surface area contributed by atoms with Crippen molar-refractivity contribution in [3.8, 4) is 0 Å². The van der Waals surface area contributed by atoms with E-state index in [1.807, 2.05) is 0 Å². The Morgan fingerprint density at radius 2 is 2.20 bits per heavy atom. The van der Waals surface area contributed by atoms with Crippen LogP contribution in [0.4, 0.5) is 0 Å². The van der Waals surface area contributed by atoms with Gasteiger partial charge >= 0.3 is 5.97 Å². The Bertz CT molecular complexity index is 292. The number of likely N-dealkylation sites (N-methyl/N-ethyl adjacent to an activating group) is 1. The minimum Gasteiger partial charge on any atom is -0.480 e. The normalized spacial score (nSPS) is 33.0. The first kappa shape index (κ1) is 10.4. The van der Waals surface area contributed by atoms with Gasteiger partial charge in [0.1, 0.15) is 6.54 Å². The van der Waals surface area contributed by atoms with E-state index in [1.54, 1.807) is 7.05 Å². The highest BCUT2D eigenvalue weighted by Gasteiger charge is 2.43. The Morgan fingerprint density at radius 3 is 2.67 bits per heavy atom. The van der Waals surface area contributed by atoms with Crippen LogP contribution >= 0.6 is 0 Å². The first-order valence-corrected chi connectivity index (χ1v) is 5.30. The van der Waals surface area contributed by atoms with Crippen molar-refractivity contribution in [1.82, 2.24) is 10.2 Å². The third-order valence-electron chi connectivity index (χ3n) is 3.37. The van der Waals surface area contributed by atoms with E-state index in [4.69, 9.17) is 5.11 Å². The lowest BCUT2D eigenvalue weighted by molar-refractivity contribution is -0.145. The molecular weight excluding hydrogens is 196 g/mol. The maximum absolute atomic E-state index is 11.9. The Balaban J connectivity index is 1.93. The van der Waals surface area contributed by atoms with E-state index >= 15 is 0 Å². The first-order chi connectivity index (χ1) is 7.08. The second kappa shape index (κ2) is 3.81. The van der Waals surface area contributed by atoms with Crippen LogP contribution in [0.3, 0.4) is 0 Å². The molecule has 5 nitrogen and oxygen atoms in total. The minimum absolute atomic E-state index is 0.00639. The average Bonchev–Trinajstić information content (AvgIpc) is 2.76. The molecule has 3 unspecified atom stereocenters. The van der Waals surface area contributed by atoms with Gasteiger partial charge in [-0.15, -0.1) is 0 Å². The van der Waals surface area contributed by atoms with Crippen LogP contribution in [0.5, 0.6) is 0 Å². The van der Waals surface area contributed by atoms with Crippen molar-refractivity contribution in [2.24, 2.45) is 5.92 Å². The van der Waals surface area contributed by atoms with E-state index in [0.29, 0.717) is 6.04 Å². The van der Waals surface area contributed by atoms with Crippen molar-refractivity contribution in [2.45, 2.75) is 31.3 Å². The van der Waals surface area contributed by atoms with Crippen molar-refractivity contribution >= 4 is 11.9 Å². The monoisotopic (exact) mass is 212 g/mol. The van der Waals surface area contributed by atoms with Crippen LogP contribution in [0.25, 0.3) is 0 Å². The van der Waals surface area contributed by atoms with Gasteiger partial charge < -0.3 is 15.3 Å². The molecule has 0 aromatic rings. The van der Waals surface area contributed by atoms with Crippen LogP contribution in [0.2, 0.25) is 0 Å². The summed E-state index contributed by atoms with van der Waals surface area (Å²) >= 11 is 0. The van der Waals surface area contributed by atoms with Crippen LogP contribution in [-0.4, -0.2) is 47.6 Å². The molecule has 15 heavy (non-hydrogen) atoms. The Kier molecular flexibility index (Phi) is 2.65. The summed E-state index contributed by atoms with van der Waals surface area (Å²) in [5.74, 6) is -0.993. The summed E-state index contributed by atoms with van der Waals surface area (Å²) in [6.45, 7) is -0.202. The molecule has 2 saturated heterocycles. The van der Waals surface area contributed by atoms with Gasteiger partial charge in [0.15, 0.2) is 0 Å². The second-order valence-electron chi connectivity index (χ2n) is 4.48. The molecule has 5 heteroatoms. The van der Waals surface area contributed by atoms with Crippen molar-refractivity contribution < 1.29 is 14.7 Å². The van der Waals surface area contributed by atoms with Crippen LogP contribution in [0.1, 0.15) is 19.3 Å². The molecule has 84 valence electrons. The number of fused-ring (bicyclic) bond motifs is 2. The molecule has 0 aromatic heterocycles. The third kappa shape index (κ3) is 1.97. The zero-order valence-corrected chi connectivity index (χ0v) is 8.77. The van der Waals surface area contributed by atoms with Crippen LogP contribution in [0, 0.1) is 5.92 Å². The maximum atomic E-state index is 11.9. The molecule has 0 saturated carbocycles. The Hall–Kier alpha value is -1.10. The third-order valence-corrected chi connectivity index (χ3v) is 3.37. The zero-order valence-electron chi connectivity index (χ0n) is 8.77. The fourth-order valence-electron chi connectivity index (χ4n) is 2.66. The maximum Gasteiger partial charge on any atom is 0.323 e. The smallest absolute Gasteiger partial charge is 0.323 e. The van der Waals surface area contributed by atoms with Crippen molar-refractivity contribution in [3.05, 3.63) is 0 Å². The number of aliphatic carboxylic acids is 1. The molecule has 2 heterocycles. The first-order valence-electron chi connectivity index (χ1n) is 5.30. The number of hydrogen-bond donors (Lipinski definition) is 2. The van der Waals surface area contributed by atoms with Gasteiger partial charge in [0, 0.05) is 19.1 Å². The van der Waals surface area contributed by atoms with Gasteiger partial charge in [0.05, 0.1) is 5.92 Å². The van der Waals surface area contributed by atoms with Gasteiger partial charge in [-0.05, 0) is 19.3 Å². The van der Waals surface area contributed by atoms with Crippen molar-refractivity contribution in [3.63, 3.8) is 0 Å². The van der Waals surface area contributed by atoms with E-state index in [1.165, 1.54) is 4.90 Å². The molecular formula is C10H16N2O3. The SMILES string of the molecule is CN(CC(=O)O)C(=O)C1CC2CCC1N2. The van der Waals surface area contributed by atoms with Gasteiger partial charge in [-0.2, -0.15) is 0 Å². The standard InChI is InChI=1S/C10H16N2O3/c1-12(5-9(13)14)10(15)7-4-6-2-3-8(7)11-6/h6-8,11H,2-5H2,1H3,(H,13,14). The van der Waals surface area contributed by atoms with Gasteiger partial charge in [-0.3, -0.25) is 9.59 Å². The molecule has 2 bridgehead atoms. The molecule has 0 aromatic carbocycles. The molecule has 0 radical (unpaired) electrons. The summed E-state index contributed by atoms with van der Waals surface area (Å²) in [5, 5.41) is 12.0. The van der Waals surface area contributed by atoms with Crippen molar-refractivity contribution in [2.75, 3.05) is 13.6 Å². The number of amides is 1. The molecule has 2 N–H and O–H groups in total. The molecule has 0 aliphatic carbocycles. The largest absolute Gasteiger partial charge is 0.480 e. The summed E-state index contributed by atoms with van der Waals surface area (Å²) in [6, 6.07) is 0.751. The Labute approximate surface area is 88.4 Å². The van der Waals surface area contributed by atoms with E-state index in [-0.39, 0.29) is 24.4 Å². The van der Waals surface area contributed by atoms with Crippen molar-refractivity contribution in [1.29, 1.82) is 0 Å². The van der Waals surface area contributed by atoms with E-state index < -0.39 is 5.97 Å². The summed E-state index contributed by atoms with van der Waals surface area (Å²) in [4.78, 5) is 23.7. The predicted molar refractivity (Wildman–Crippen MR) is 53.3 cm³/mol. The highest BCUT2D eigenvalue weighted by Crippen LogP contribution is 2.34. The lowest BCUT2D eigenvalue weighted by Crippen LogP contribution is -2.41. The van der Waals surface area contributed by atoms with Gasteiger partial charge in [0.2, 0.25) is 5.91 Å². The molecule has 2 rings (SSSR count). The quantitative estimate of drug-likeness (QED) is 0.672. The Morgan fingerprint density at radius 1 is 1.47 bits per heavy atom. The highest BCUT2D eigenvalue weighted by atomic mass is 16.4. The zero-order chi connectivity index (χ0) is 11.0. The van der Waals surface area contributed by atoms with E-state index in [0.717, 1.165) is 19.3 Å². The fourth-order valence-corrected chi connectivity index (χ4v) is 2.66. The van der Waals surface area contributed by atoms with Gasteiger partial charge in [0.25, 0.3) is 0 Å². The number of carbonyl (C=O) groups is 2. The minimum atomic E-state index is -0.957. The number of carboxylic acids is 1. The molecule has 0 spiro atoms. The number of nitrogens with zero attached hydrogens (tertiary/aromatic N) is 1. The van der Waals surface area contributed by atoms with Crippen LogP contribution in [-0.2, 0) is 9.59 Å². The predicted octanol–water partition coefficient (Wildman–Crippen LogP) is -0.330. The number of hydrogen-bond acceptors (Lipinski definition) is 3. The fraction of sp³-hybridized carbons (Fsp3) is 0.800. The molecule has 3 atom stereocenters. The second-order valence-corrected chi connectivity index (χ2v) is 4.48. The number of carboxylic acid groups (broad SMARTS) is 1. The topological polar surface area (TPSA) is 69.6 Å². The summed E-state index contributed by atoms with van der Waals surface area (Å²) in [5.41, 5.74) is 0. The molecule has 2 fully saturated rings. The number of rotatable bonds is 3. The lowest BCUT2D eigenvalue weighted by Gasteiger charge is -2.24. The van der Waals surface area contributed by atoms with Gasteiger partial charge in [-0.1, -0.05) is 0 Å². The van der Waals surface area contributed by atoms with Gasteiger partial charge in [-0.25, -0.2) is 0 Å². The average molecular weight is 212 g/mol. The van der Waals surface area contributed by atoms with Crippen LogP contribution < -0.4 is 5.32 Å². The molecule has 2 aliphatic heterocycles. The summed E-state index contributed by atoms with van der Waals surface area (Å²) in [7, 11) is 1.56. The molecule has 1 amide bonds. The number of carbonyl (C=O) groups excluding carboxylic acids is 1. The summed E-state index contributed by atoms with van der Waals surface area (Å²) in [6.07, 6.45) is 3.06.